The number of carbonyl (C=O) groups is 1. The molecule has 1 amide bonds. The molecule has 1 fully saturated rings. The zero-order valence-electron chi connectivity index (χ0n) is 21.7. The normalized spacial score (nSPS) is 17.1. The second-order valence-electron chi connectivity index (χ2n) is 9.65. The standard InChI is InChI=1S/C26H26F2N8O3S/c1-15-22(40(2,38)39)9-17(12-31-15)24(37)33-13-18-10-21-16(11-32-18)3-4-19(34-21)20-5-7-30-25(35-20)36-8-6-23(29)26(27,28)14-36/h3-5,7,9-12,23H,6,8,13-14,29H2,1-2H3,(H,33,37). The van der Waals surface area contributed by atoms with Crippen molar-refractivity contribution in [3.8, 4) is 11.4 Å². The molecule has 0 aliphatic carbocycles. The number of nitrogens with zero attached hydrogens (tertiary/aromatic N) is 6. The first-order valence-corrected chi connectivity index (χ1v) is 14.2. The van der Waals surface area contributed by atoms with E-state index >= 15 is 0 Å². The van der Waals surface area contributed by atoms with Gasteiger partial charge in [0.1, 0.15) is 0 Å². The molecule has 5 heterocycles. The molecule has 0 bridgehead atoms. The number of amides is 1. The average molecular weight is 569 g/mol. The van der Waals surface area contributed by atoms with Crippen LogP contribution in [-0.4, -0.2) is 70.6 Å². The van der Waals surface area contributed by atoms with Crippen molar-refractivity contribution in [2.45, 2.75) is 36.7 Å². The largest absolute Gasteiger partial charge is 0.346 e. The summed E-state index contributed by atoms with van der Waals surface area (Å²) in [6.07, 6.45) is 5.62. The number of alkyl halides is 2. The van der Waals surface area contributed by atoms with Gasteiger partial charge in [-0.05, 0) is 43.7 Å². The monoisotopic (exact) mass is 568 g/mol. The molecule has 0 spiro atoms. The first-order chi connectivity index (χ1) is 18.9. The van der Waals surface area contributed by atoms with Gasteiger partial charge in [-0.2, -0.15) is 0 Å². The summed E-state index contributed by atoms with van der Waals surface area (Å²) in [5.41, 5.74) is 8.05. The summed E-state index contributed by atoms with van der Waals surface area (Å²) in [5, 5.41) is 3.47. The summed E-state index contributed by atoms with van der Waals surface area (Å²) in [6, 6.07) is 7.02. The maximum absolute atomic E-state index is 14.2. The fourth-order valence-corrected chi connectivity index (χ4v) is 5.28. The number of nitrogens with two attached hydrogens (primary N) is 1. The topological polar surface area (TPSA) is 157 Å². The van der Waals surface area contributed by atoms with Crippen LogP contribution in [-0.2, 0) is 16.4 Å². The number of carbonyl (C=O) groups excluding carboxylic acids is 1. The first kappa shape index (κ1) is 27.4. The molecule has 1 atom stereocenters. The molecule has 1 saturated heterocycles. The van der Waals surface area contributed by atoms with Gasteiger partial charge < -0.3 is 16.0 Å². The highest BCUT2D eigenvalue weighted by molar-refractivity contribution is 7.90. The van der Waals surface area contributed by atoms with Crippen LogP contribution < -0.4 is 16.0 Å². The Hall–Kier alpha value is -4.17. The van der Waals surface area contributed by atoms with Crippen molar-refractivity contribution in [1.29, 1.82) is 0 Å². The van der Waals surface area contributed by atoms with Crippen LogP contribution in [0.3, 0.4) is 0 Å². The van der Waals surface area contributed by atoms with Gasteiger partial charge in [0.15, 0.2) is 9.84 Å². The van der Waals surface area contributed by atoms with Gasteiger partial charge in [0.05, 0.1) is 57.9 Å². The lowest BCUT2D eigenvalue weighted by molar-refractivity contribution is -0.0303. The molecule has 1 aliphatic rings. The molecular weight excluding hydrogens is 542 g/mol. The highest BCUT2D eigenvalue weighted by atomic mass is 32.2. The van der Waals surface area contributed by atoms with Crippen molar-refractivity contribution in [1.82, 2.24) is 30.2 Å². The van der Waals surface area contributed by atoms with E-state index in [1.54, 1.807) is 31.3 Å². The fraction of sp³-hybridized carbons (Fsp3) is 0.308. The number of nitrogens with one attached hydrogen (secondary N) is 1. The number of hydrogen-bond donors (Lipinski definition) is 2. The Kier molecular flexibility index (Phi) is 7.14. The Morgan fingerprint density at radius 3 is 2.65 bits per heavy atom. The summed E-state index contributed by atoms with van der Waals surface area (Å²) in [6.45, 7) is 1.38. The lowest BCUT2D eigenvalue weighted by Crippen LogP contribution is -2.55. The molecule has 3 N–H and O–H groups in total. The van der Waals surface area contributed by atoms with Gasteiger partial charge in [0.25, 0.3) is 11.8 Å². The fourth-order valence-electron chi connectivity index (χ4n) is 4.35. The van der Waals surface area contributed by atoms with Gasteiger partial charge in [-0.1, -0.05) is 0 Å². The Morgan fingerprint density at radius 2 is 1.90 bits per heavy atom. The van der Waals surface area contributed by atoms with Crippen LogP contribution in [0.5, 0.6) is 0 Å². The summed E-state index contributed by atoms with van der Waals surface area (Å²) in [7, 11) is -3.54. The Morgan fingerprint density at radius 1 is 1.12 bits per heavy atom. The van der Waals surface area contributed by atoms with Gasteiger partial charge in [-0.25, -0.2) is 32.2 Å². The molecule has 40 heavy (non-hydrogen) atoms. The van der Waals surface area contributed by atoms with E-state index < -0.39 is 34.3 Å². The summed E-state index contributed by atoms with van der Waals surface area (Å²) < 4.78 is 52.3. The number of anilines is 1. The van der Waals surface area contributed by atoms with Crippen molar-refractivity contribution in [2.75, 3.05) is 24.2 Å². The zero-order chi connectivity index (χ0) is 28.7. The van der Waals surface area contributed by atoms with E-state index in [9.17, 15) is 22.0 Å². The van der Waals surface area contributed by atoms with Gasteiger partial charge in [-0.3, -0.25) is 14.8 Å². The minimum atomic E-state index is -3.54. The lowest BCUT2D eigenvalue weighted by Gasteiger charge is -2.36. The van der Waals surface area contributed by atoms with Crippen molar-refractivity contribution >= 4 is 32.6 Å². The number of pyridine rings is 3. The van der Waals surface area contributed by atoms with Crippen LogP contribution in [0.25, 0.3) is 22.3 Å². The van der Waals surface area contributed by atoms with Crippen LogP contribution >= 0.6 is 0 Å². The van der Waals surface area contributed by atoms with Crippen molar-refractivity contribution in [3.05, 3.63) is 65.9 Å². The van der Waals surface area contributed by atoms with E-state index in [0.29, 0.717) is 34.8 Å². The summed E-state index contributed by atoms with van der Waals surface area (Å²) in [4.78, 5) is 35.8. The lowest BCUT2D eigenvalue weighted by atomic mass is 10.0. The van der Waals surface area contributed by atoms with Gasteiger partial charge in [0.2, 0.25) is 5.95 Å². The molecule has 5 rings (SSSR count). The number of rotatable bonds is 6. The summed E-state index contributed by atoms with van der Waals surface area (Å²) >= 11 is 0. The second kappa shape index (κ2) is 10.4. The number of hydrogen-bond acceptors (Lipinski definition) is 10. The minimum absolute atomic E-state index is 0.00818. The molecule has 11 nitrogen and oxygen atoms in total. The Balaban J connectivity index is 1.34. The highest BCUT2D eigenvalue weighted by Gasteiger charge is 2.43. The van der Waals surface area contributed by atoms with Crippen LogP contribution in [0.2, 0.25) is 0 Å². The van der Waals surface area contributed by atoms with Crippen LogP contribution in [0.1, 0.15) is 28.2 Å². The Labute approximate surface area is 228 Å². The number of sulfone groups is 1. The van der Waals surface area contributed by atoms with E-state index in [-0.39, 0.29) is 29.4 Å². The number of piperidine rings is 1. The zero-order valence-corrected chi connectivity index (χ0v) is 22.5. The smallest absolute Gasteiger partial charge is 0.280 e. The molecule has 4 aromatic rings. The third kappa shape index (κ3) is 5.72. The number of halogens is 2. The van der Waals surface area contributed by atoms with E-state index in [4.69, 9.17) is 5.73 Å². The molecule has 1 unspecified atom stereocenters. The number of aromatic nitrogens is 5. The number of fused-ring (bicyclic) bond motifs is 1. The molecule has 1 aliphatic heterocycles. The van der Waals surface area contributed by atoms with Gasteiger partial charge in [0, 0.05) is 36.8 Å². The second-order valence-corrected chi connectivity index (χ2v) is 11.6. The minimum Gasteiger partial charge on any atom is -0.346 e. The van der Waals surface area contributed by atoms with Crippen molar-refractivity contribution in [3.63, 3.8) is 0 Å². The third-order valence-corrected chi connectivity index (χ3v) is 7.82. The van der Waals surface area contributed by atoms with Crippen molar-refractivity contribution in [2.24, 2.45) is 5.73 Å². The summed E-state index contributed by atoms with van der Waals surface area (Å²) in [5.74, 6) is -3.36. The van der Waals surface area contributed by atoms with E-state index in [2.05, 4.69) is 30.2 Å². The SMILES string of the molecule is Cc1ncc(C(=O)NCc2cc3nc(-c4ccnc(N5CCC(N)C(F)(F)C5)n4)ccc3cn2)cc1S(C)(=O)=O. The molecule has 4 aromatic heterocycles. The third-order valence-electron chi connectivity index (χ3n) is 6.60. The number of aryl methyl sites for hydroxylation is 1. The van der Waals surface area contributed by atoms with Crippen LogP contribution in [0.4, 0.5) is 14.7 Å². The molecule has 0 saturated carbocycles. The Bertz CT molecular complexity index is 1720. The van der Waals surface area contributed by atoms with E-state index in [0.717, 1.165) is 11.6 Å². The maximum Gasteiger partial charge on any atom is 0.280 e. The predicted octanol–water partition coefficient (Wildman–Crippen LogP) is 2.30. The first-order valence-electron chi connectivity index (χ1n) is 12.3. The maximum atomic E-state index is 14.2. The van der Waals surface area contributed by atoms with Crippen LogP contribution in [0, 0.1) is 6.92 Å². The van der Waals surface area contributed by atoms with Crippen LogP contribution in [0.15, 0.2) is 53.8 Å². The predicted molar refractivity (Wildman–Crippen MR) is 144 cm³/mol. The molecule has 208 valence electrons. The average Bonchev–Trinajstić information content (AvgIpc) is 2.92. The van der Waals surface area contributed by atoms with Crippen molar-refractivity contribution < 1.29 is 22.0 Å². The molecule has 14 heteroatoms. The molecular formula is C26H26F2N8O3S. The quantitative estimate of drug-likeness (QED) is 0.354. The van der Waals surface area contributed by atoms with E-state index in [1.807, 2.05) is 6.07 Å². The highest BCUT2D eigenvalue weighted by Crippen LogP contribution is 2.29. The van der Waals surface area contributed by atoms with E-state index in [1.165, 1.54) is 23.4 Å². The molecule has 0 radical (unpaired) electrons. The van der Waals surface area contributed by atoms with Gasteiger partial charge in [-0.15, -0.1) is 0 Å². The van der Waals surface area contributed by atoms with Gasteiger partial charge >= 0.3 is 0 Å². The molecule has 0 aromatic carbocycles.